The van der Waals surface area contributed by atoms with Crippen LogP contribution in [0.3, 0.4) is 0 Å². The molecule has 0 aliphatic carbocycles. The highest BCUT2D eigenvalue weighted by Gasteiger charge is 2.53. The van der Waals surface area contributed by atoms with E-state index in [0.717, 1.165) is 13.8 Å². The molecule has 0 aromatic carbocycles. The number of carbonyl (C=O) groups is 4. The number of halogens is 2. The molecular formula is C18H27Cl2NO9. The summed E-state index contributed by atoms with van der Waals surface area (Å²) >= 11 is 11.8. The molecule has 0 unspecified atom stereocenters. The van der Waals surface area contributed by atoms with Crippen LogP contribution in [0.4, 0.5) is 0 Å². The highest BCUT2D eigenvalue weighted by Crippen LogP contribution is 2.31. The van der Waals surface area contributed by atoms with Crippen LogP contribution in [0.15, 0.2) is 0 Å². The molecule has 1 aliphatic rings. The highest BCUT2D eigenvalue weighted by atomic mass is 35.5. The van der Waals surface area contributed by atoms with Gasteiger partial charge in [0.15, 0.2) is 24.5 Å². The third-order valence-electron chi connectivity index (χ3n) is 4.07. The fourth-order valence-corrected chi connectivity index (χ4v) is 3.52. The molecule has 1 rings (SSSR count). The molecule has 0 N–H and O–H groups in total. The molecule has 30 heavy (non-hydrogen) atoms. The summed E-state index contributed by atoms with van der Waals surface area (Å²) in [6, 6.07) is 0. The van der Waals surface area contributed by atoms with Crippen molar-refractivity contribution < 1.29 is 42.9 Å². The van der Waals surface area contributed by atoms with E-state index >= 15 is 0 Å². The van der Waals surface area contributed by atoms with E-state index < -0.39 is 54.5 Å². The van der Waals surface area contributed by atoms with Gasteiger partial charge in [0, 0.05) is 52.5 Å². The van der Waals surface area contributed by atoms with Crippen molar-refractivity contribution in [3.05, 3.63) is 0 Å². The third kappa shape index (κ3) is 8.25. The molecule has 0 saturated carbocycles. The van der Waals surface area contributed by atoms with Crippen molar-refractivity contribution in [3.63, 3.8) is 0 Å². The van der Waals surface area contributed by atoms with Gasteiger partial charge >= 0.3 is 23.9 Å². The van der Waals surface area contributed by atoms with E-state index in [9.17, 15) is 19.2 Å². The summed E-state index contributed by atoms with van der Waals surface area (Å²) in [5, 5.41) is 0. The molecule has 5 atom stereocenters. The molecule has 172 valence electrons. The standard InChI is InChI=1S/C18H27Cl2NO9/c1-10(22)26-9-14-15(27-11(2)23)16(28-12(3)24)17(29-13(4)25)18(30-14)21(7-5-19)8-6-20/h14-18H,5-9H2,1-4H3/t14-,15-,16-,17-,18+/m0/s1. The average molecular weight is 472 g/mol. The summed E-state index contributed by atoms with van der Waals surface area (Å²) in [6.45, 7) is 5.04. The van der Waals surface area contributed by atoms with E-state index in [1.165, 1.54) is 13.8 Å². The number of hydrogen-bond donors (Lipinski definition) is 0. The number of nitrogens with zero attached hydrogens (tertiary/aromatic N) is 1. The molecule has 0 spiro atoms. The van der Waals surface area contributed by atoms with E-state index in [0.29, 0.717) is 13.1 Å². The molecule has 12 heteroatoms. The summed E-state index contributed by atoms with van der Waals surface area (Å²) in [6.07, 6.45) is -5.53. The molecule has 0 aromatic heterocycles. The van der Waals surface area contributed by atoms with Crippen LogP contribution in [-0.2, 0) is 42.9 Å². The van der Waals surface area contributed by atoms with Crippen molar-refractivity contribution in [3.8, 4) is 0 Å². The molecular weight excluding hydrogens is 445 g/mol. The fraction of sp³-hybridized carbons (Fsp3) is 0.778. The molecule has 10 nitrogen and oxygen atoms in total. The van der Waals surface area contributed by atoms with Crippen molar-refractivity contribution in [2.75, 3.05) is 31.5 Å². The second-order valence-electron chi connectivity index (χ2n) is 6.50. The zero-order valence-electron chi connectivity index (χ0n) is 17.3. The first-order valence-electron chi connectivity index (χ1n) is 9.27. The van der Waals surface area contributed by atoms with Gasteiger partial charge in [-0.2, -0.15) is 0 Å². The van der Waals surface area contributed by atoms with Gasteiger partial charge in [0.1, 0.15) is 12.7 Å². The van der Waals surface area contributed by atoms with Crippen molar-refractivity contribution in [2.45, 2.75) is 58.3 Å². The quantitative estimate of drug-likeness (QED) is 0.257. The van der Waals surface area contributed by atoms with E-state index in [1.54, 1.807) is 4.90 Å². The first kappa shape index (κ1) is 26.4. The SMILES string of the molecule is CC(=O)OC[C@@H]1O[C@@H](N(CCCl)CCCl)[C@@H](OC(C)=O)[C@@H](OC(C)=O)[C@H]1OC(C)=O. The fourth-order valence-electron chi connectivity index (χ4n) is 3.08. The summed E-state index contributed by atoms with van der Waals surface area (Å²) in [7, 11) is 0. The zero-order valence-corrected chi connectivity index (χ0v) is 18.8. The van der Waals surface area contributed by atoms with E-state index in [1.807, 2.05) is 0 Å². The minimum Gasteiger partial charge on any atom is -0.463 e. The van der Waals surface area contributed by atoms with Gasteiger partial charge in [-0.05, 0) is 0 Å². The van der Waals surface area contributed by atoms with Gasteiger partial charge < -0.3 is 23.7 Å². The van der Waals surface area contributed by atoms with Crippen LogP contribution in [0.5, 0.6) is 0 Å². The van der Waals surface area contributed by atoms with E-state index in [-0.39, 0.29) is 18.4 Å². The van der Waals surface area contributed by atoms with Gasteiger partial charge in [-0.25, -0.2) is 0 Å². The summed E-state index contributed by atoms with van der Waals surface area (Å²) in [5.74, 6) is -2.20. The lowest BCUT2D eigenvalue weighted by atomic mass is 9.96. The predicted molar refractivity (Wildman–Crippen MR) is 105 cm³/mol. The number of alkyl halides is 2. The first-order valence-corrected chi connectivity index (χ1v) is 10.3. The van der Waals surface area contributed by atoms with Gasteiger partial charge in [0.2, 0.25) is 0 Å². The van der Waals surface area contributed by atoms with Crippen LogP contribution in [0.25, 0.3) is 0 Å². The topological polar surface area (TPSA) is 118 Å². The Morgan fingerprint density at radius 3 is 1.67 bits per heavy atom. The Bertz CT molecular complexity index is 612. The largest absolute Gasteiger partial charge is 0.463 e. The Kier molecular flexibility index (Phi) is 11.4. The van der Waals surface area contributed by atoms with Gasteiger partial charge in [-0.15, -0.1) is 23.2 Å². The summed E-state index contributed by atoms with van der Waals surface area (Å²) in [4.78, 5) is 48.3. The Morgan fingerprint density at radius 1 is 0.767 bits per heavy atom. The number of esters is 4. The first-order chi connectivity index (χ1) is 14.1. The smallest absolute Gasteiger partial charge is 0.303 e. The second kappa shape index (κ2) is 12.9. The van der Waals surface area contributed by atoms with Gasteiger partial charge in [-0.1, -0.05) is 0 Å². The maximum absolute atomic E-state index is 11.8. The Labute approximate surface area is 185 Å². The predicted octanol–water partition coefficient (Wildman–Crippen LogP) is 0.849. The van der Waals surface area contributed by atoms with Gasteiger partial charge in [-0.3, -0.25) is 24.1 Å². The lowest BCUT2D eigenvalue weighted by molar-refractivity contribution is -0.277. The lowest BCUT2D eigenvalue weighted by Gasteiger charge is -2.47. The summed E-state index contributed by atoms with van der Waals surface area (Å²) in [5.41, 5.74) is 0. The third-order valence-corrected chi connectivity index (χ3v) is 4.41. The van der Waals surface area contributed by atoms with Crippen molar-refractivity contribution in [2.24, 2.45) is 0 Å². The monoisotopic (exact) mass is 471 g/mol. The Hall–Kier alpha value is -1.62. The van der Waals surface area contributed by atoms with Crippen LogP contribution in [-0.4, -0.2) is 90.9 Å². The van der Waals surface area contributed by atoms with Gasteiger partial charge in [0.25, 0.3) is 0 Å². The highest BCUT2D eigenvalue weighted by molar-refractivity contribution is 6.18. The Morgan fingerprint density at radius 2 is 1.23 bits per heavy atom. The van der Waals surface area contributed by atoms with Crippen LogP contribution in [0.2, 0.25) is 0 Å². The minimum atomic E-state index is -1.22. The van der Waals surface area contributed by atoms with Crippen LogP contribution >= 0.6 is 23.2 Å². The average Bonchev–Trinajstić information content (AvgIpc) is 2.62. The molecule has 0 aromatic rings. The molecule has 1 heterocycles. The zero-order chi connectivity index (χ0) is 22.8. The minimum absolute atomic E-state index is 0.212. The molecule has 1 fully saturated rings. The van der Waals surface area contributed by atoms with Crippen molar-refractivity contribution in [1.29, 1.82) is 0 Å². The normalized spacial score (nSPS) is 26.0. The molecule has 0 bridgehead atoms. The van der Waals surface area contributed by atoms with E-state index in [4.69, 9.17) is 46.9 Å². The second-order valence-corrected chi connectivity index (χ2v) is 7.26. The maximum Gasteiger partial charge on any atom is 0.303 e. The van der Waals surface area contributed by atoms with Gasteiger partial charge in [0.05, 0.1) is 0 Å². The van der Waals surface area contributed by atoms with Crippen LogP contribution in [0, 0.1) is 0 Å². The number of ether oxygens (including phenoxy) is 5. The lowest BCUT2D eigenvalue weighted by Crippen LogP contribution is -2.66. The van der Waals surface area contributed by atoms with Crippen molar-refractivity contribution >= 4 is 47.1 Å². The maximum atomic E-state index is 11.8. The van der Waals surface area contributed by atoms with Crippen LogP contribution in [0.1, 0.15) is 27.7 Å². The van der Waals surface area contributed by atoms with Crippen LogP contribution < -0.4 is 0 Å². The number of rotatable bonds is 10. The molecule has 0 amide bonds. The van der Waals surface area contributed by atoms with E-state index in [2.05, 4.69) is 0 Å². The number of carbonyl (C=O) groups excluding carboxylic acids is 4. The molecule has 1 aliphatic heterocycles. The molecule has 1 saturated heterocycles. The molecule has 0 radical (unpaired) electrons. The summed E-state index contributed by atoms with van der Waals surface area (Å²) < 4.78 is 27.2. The Balaban J connectivity index is 3.41. The number of hydrogen-bond acceptors (Lipinski definition) is 10. The van der Waals surface area contributed by atoms with Crippen molar-refractivity contribution in [1.82, 2.24) is 4.90 Å².